The number of sulfone groups is 1. The third kappa shape index (κ3) is 3.45. The summed E-state index contributed by atoms with van der Waals surface area (Å²) in [5, 5.41) is 14.1. The van der Waals surface area contributed by atoms with E-state index >= 15 is 0 Å². The van der Waals surface area contributed by atoms with Crippen molar-refractivity contribution < 1.29 is 18.1 Å². The zero-order valence-electron chi connectivity index (χ0n) is 12.8. The van der Waals surface area contributed by atoms with E-state index in [0.29, 0.717) is 31.0 Å². The highest BCUT2D eigenvalue weighted by Gasteiger charge is 2.46. The summed E-state index contributed by atoms with van der Waals surface area (Å²) in [6.07, 6.45) is 1.88. The quantitative estimate of drug-likeness (QED) is 0.654. The van der Waals surface area contributed by atoms with E-state index in [1.54, 1.807) is 13.0 Å². The molecule has 3 heterocycles. The maximum Gasteiger partial charge on any atom is 0.290 e. The number of hydrogen-bond donors (Lipinski definition) is 1. The van der Waals surface area contributed by atoms with Gasteiger partial charge in [0.15, 0.2) is 9.84 Å². The minimum Gasteiger partial charge on any atom is -0.374 e. The van der Waals surface area contributed by atoms with E-state index in [0.717, 1.165) is 6.42 Å². The van der Waals surface area contributed by atoms with Crippen molar-refractivity contribution in [3.05, 3.63) is 27.9 Å². The molecule has 2 fully saturated rings. The Bertz CT molecular complexity index is 736. The van der Waals surface area contributed by atoms with E-state index in [1.807, 2.05) is 0 Å². The molecule has 0 amide bonds. The van der Waals surface area contributed by atoms with Crippen LogP contribution in [-0.2, 0) is 14.6 Å². The van der Waals surface area contributed by atoms with Crippen LogP contribution in [0.1, 0.15) is 25.0 Å². The van der Waals surface area contributed by atoms with Gasteiger partial charge in [0.05, 0.1) is 22.0 Å². The second-order valence-corrected chi connectivity index (χ2v) is 8.45. The summed E-state index contributed by atoms with van der Waals surface area (Å²) < 4.78 is 29.3. The fraction of sp³-hybridized carbons (Fsp3) is 0.643. The van der Waals surface area contributed by atoms with Crippen molar-refractivity contribution in [3.63, 3.8) is 0 Å². The molecule has 2 saturated heterocycles. The number of aromatic nitrogens is 1. The Morgan fingerprint density at radius 3 is 2.87 bits per heavy atom. The van der Waals surface area contributed by atoms with E-state index in [9.17, 15) is 18.5 Å². The molecule has 0 bridgehead atoms. The smallest absolute Gasteiger partial charge is 0.290 e. The van der Waals surface area contributed by atoms with Gasteiger partial charge in [-0.3, -0.25) is 10.1 Å². The first-order chi connectivity index (χ1) is 10.8. The van der Waals surface area contributed by atoms with Gasteiger partial charge >= 0.3 is 0 Å². The van der Waals surface area contributed by atoms with E-state index < -0.39 is 20.4 Å². The molecule has 2 atom stereocenters. The Balaban J connectivity index is 1.71. The second kappa shape index (κ2) is 5.72. The van der Waals surface area contributed by atoms with Crippen LogP contribution in [0, 0.1) is 17.0 Å². The van der Waals surface area contributed by atoms with Crippen LogP contribution in [0.4, 0.5) is 11.5 Å². The highest BCUT2D eigenvalue weighted by molar-refractivity contribution is 7.91. The fourth-order valence-corrected chi connectivity index (χ4v) is 5.32. The first-order valence-corrected chi connectivity index (χ1v) is 9.34. The number of nitrogens with one attached hydrogen (secondary N) is 1. The van der Waals surface area contributed by atoms with Crippen molar-refractivity contribution in [2.45, 2.75) is 37.8 Å². The molecule has 1 spiro atoms. The van der Waals surface area contributed by atoms with E-state index in [-0.39, 0.29) is 23.2 Å². The van der Waals surface area contributed by atoms with E-state index in [2.05, 4.69) is 10.3 Å². The summed E-state index contributed by atoms with van der Waals surface area (Å²) in [6.45, 7) is 2.09. The topological polar surface area (TPSA) is 111 Å². The van der Waals surface area contributed by atoms with E-state index in [4.69, 9.17) is 4.74 Å². The summed E-state index contributed by atoms with van der Waals surface area (Å²) in [5.41, 5.74) is -0.254. The lowest BCUT2D eigenvalue weighted by atomic mass is 9.90. The number of aryl methyl sites for hydroxylation is 1. The summed E-state index contributed by atoms with van der Waals surface area (Å²) in [6, 6.07) is 3.06. The standard InChI is InChI=1S/C14H19N3O5S/c1-10-12(17(18)19)2-3-13(15-10)16-11-4-6-22-14(8-11)5-7-23(20,21)9-14/h2-3,11H,4-9H2,1H3,(H,15,16)/t11-,14-/m0/s1. The number of anilines is 1. The van der Waals surface area contributed by atoms with Crippen LogP contribution in [0.5, 0.6) is 0 Å². The van der Waals surface area contributed by atoms with Gasteiger partial charge in [-0.25, -0.2) is 13.4 Å². The molecule has 0 aliphatic carbocycles. The summed E-state index contributed by atoms with van der Waals surface area (Å²) in [4.78, 5) is 14.6. The molecular weight excluding hydrogens is 322 g/mol. The van der Waals surface area contributed by atoms with Gasteiger partial charge in [0, 0.05) is 18.7 Å². The molecule has 0 unspecified atom stereocenters. The molecule has 1 N–H and O–H groups in total. The van der Waals surface area contributed by atoms with Gasteiger partial charge in [0.25, 0.3) is 5.69 Å². The van der Waals surface area contributed by atoms with Crippen LogP contribution in [0.25, 0.3) is 0 Å². The van der Waals surface area contributed by atoms with Crippen molar-refractivity contribution in [1.29, 1.82) is 0 Å². The largest absolute Gasteiger partial charge is 0.374 e. The van der Waals surface area contributed by atoms with Gasteiger partial charge in [0.1, 0.15) is 11.5 Å². The SMILES string of the molecule is Cc1nc(N[C@H]2CCO[C@@]3(CCS(=O)(=O)C3)C2)ccc1[N+](=O)[O-]. The fourth-order valence-electron chi connectivity index (χ4n) is 3.35. The van der Waals surface area contributed by atoms with Crippen LogP contribution in [0.3, 0.4) is 0 Å². The van der Waals surface area contributed by atoms with Crippen LogP contribution in [-0.4, -0.2) is 48.1 Å². The van der Waals surface area contributed by atoms with Gasteiger partial charge < -0.3 is 10.1 Å². The second-order valence-electron chi connectivity index (χ2n) is 6.27. The molecule has 2 aliphatic heterocycles. The lowest BCUT2D eigenvalue weighted by Crippen LogP contribution is -2.45. The Kier molecular flexibility index (Phi) is 4.01. The van der Waals surface area contributed by atoms with Crippen molar-refractivity contribution in [2.75, 3.05) is 23.4 Å². The van der Waals surface area contributed by atoms with Gasteiger partial charge in [-0.05, 0) is 32.3 Å². The number of hydrogen-bond acceptors (Lipinski definition) is 7. The van der Waals surface area contributed by atoms with Crippen molar-refractivity contribution in [1.82, 2.24) is 4.98 Å². The van der Waals surface area contributed by atoms with Crippen LogP contribution in [0.2, 0.25) is 0 Å². The zero-order valence-corrected chi connectivity index (χ0v) is 13.6. The maximum atomic E-state index is 11.7. The molecule has 8 nitrogen and oxygen atoms in total. The Morgan fingerprint density at radius 2 is 2.26 bits per heavy atom. The zero-order chi connectivity index (χ0) is 16.7. The number of nitrogens with zero attached hydrogens (tertiary/aromatic N) is 2. The monoisotopic (exact) mass is 341 g/mol. The third-order valence-electron chi connectivity index (χ3n) is 4.45. The molecule has 3 rings (SSSR count). The molecule has 0 saturated carbocycles. The van der Waals surface area contributed by atoms with Crippen molar-refractivity contribution >= 4 is 21.3 Å². The van der Waals surface area contributed by atoms with Gasteiger partial charge in [-0.1, -0.05) is 0 Å². The highest BCUT2D eigenvalue weighted by Crippen LogP contribution is 2.36. The predicted molar refractivity (Wildman–Crippen MR) is 84.2 cm³/mol. The average molecular weight is 341 g/mol. The summed E-state index contributed by atoms with van der Waals surface area (Å²) in [5.74, 6) is 0.815. The summed E-state index contributed by atoms with van der Waals surface area (Å²) >= 11 is 0. The Morgan fingerprint density at radius 1 is 1.48 bits per heavy atom. The van der Waals surface area contributed by atoms with Gasteiger partial charge in [0.2, 0.25) is 0 Å². The lowest BCUT2D eigenvalue weighted by molar-refractivity contribution is -0.385. The van der Waals surface area contributed by atoms with Crippen molar-refractivity contribution in [2.24, 2.45) is 0 Å². The highest BCUT2D eigenvalue weighted by atomic mass is 32.2. The minimum atomic E-state index is -3.02. The molecule has 1 aromatic heterocycles. The molecule has 23 heavy (non-hydrogen) atoms. The maximum absolute atomic E-state index is 11.7. The lowest BCUT2D eigenvalue weighted by Gasteiger charge is -2.37. The predicted octanol–water partition coefficient (Wildman–Crippen LogP) is 1.45. The first kappa shape index (κ1) is 16.1. The number of nitro groups is 1. The van der Waals surface area contributed by atoms with Gasteiger partial charge in [-0.15, -0.1) is 0 Å². The molecular formula is C14H19N3O5S. The molecule has 9 heteroatoms. The van der Waals surface area contributed by atoms with E-state index in [1.165, 1.54) is 6.07 Å². The Hall–Kier alpha value is -1.74. The molecule has 2 aliphatic rings. The third-order valence-corrected chi connectivity index (χ3v) is 6.24. The molecule has 0 aromatic carbocycles. The molecule has 0 radical (unpaired) electrons. The first-order valence-electron chi connectivity index (χ1n) is 7.52. The van der Waals surface area contributed by atoms with Crippen LogP contribution >= 0.6 is 0 Å². The summed E-state index contributed by atoms with van der Waals surface area (Å²) in [7, 11) is -3.02. The average Bonchev–Trinajstić information content (AvgIpc) is 2.73. The Labute approximate surface area is 134 Å². The normalized spacial score (nSPS) is 29.5. The molecule has 1 aromatic rings. The van der Waals surface area contributed by atoms with Crippen LogP contribution in [0.15, 0.2) is 12.1 Å². The molecule has 126 valence electrons. The van der Waals surface area contributed by atoms with Gasteiger partial charge in [-0.2, -0.15) is 0 Å². The van der Waals surface area contributed by atoms with Crippen LogP contribution < -0.4 is 5.32 Å². The van der Waals surface area contributed by atoms with Crippen molar-refractivity contribution in [3.8, 4) is 0 Å². The minimum absolute atomic E-state index is 0.0131. The number of rotatable bonds is 3. The number of pyridine rings is 1. The number of ether oxygens (including phenoxy) is 1.